The third-order valence-corrected chi connectivity index (χ3v) is 7.60. The molecule has 1 saturated carbocycles. The second kappa shape index (κ2) is 9.12. The quantitative estimate of drug-likeness (QED) is 0.651. The summed E-state index contributed by atoms with van der Waals surface area (Å²) in [6, 6.07) is 15.6. The molecule has 2 amide bonds. The van der Waals surface area contributed by atoms with E-state index in [1.165, 1.54) is 0 Å². The first-order valence-electron chi connectivity index (χ1n) is 12.1. The lowest BCUT2D eigenvalue weighted by Crippen LogP contribution is -2.50. The Morgan fingerprint density at radius 2 is 1.71 bits per heavy atom. The molecule has 5 rings (SSSR count). The van der Waals surface area contributed by atoms with Crippen LogP contribution < -0.4 is 5.32 Å². The van der Waals surface area contributed by atoms with Crippen LogP contribution >= 0.6 is 0 Å². The van der Waals surface area contributed by atoms with Crippen molar-refractivity contribution >= 4 is 18.0 Å². The average molecular weight is 463 g/mol. The number of carboxylic acids is 1. The van der Waals surface area contributed by atoms with Crippen LogP contribution in [0.25, 0.3) is 11.1 Å². The first kappa shape index (κ1) is 22.4. The number of rotatable bonds is 7. The number of fused-ring (bicyclic) bond motifs is 4. The number of aliphatic carboxylic acids is 1. The third kappa shape index (κ3) is 4.04. The molecule has 1 saturated heterocycles. The standard InChI is InChI=1S/C27H30N2O5/c1-2-7-23(25(30)29-13-12-20-21(14-29)24(20)26(31)32)28-27(33)34-15-22-18-10-5-3-8-16(18)17-9-4-6-11-19(17)22/h3-6,8-11,20-24H,2,7,12-15H2,1H3,(H,28,33)(H,31,32)/t20-,21+,23+,24?/m1/s1. The minimum atomic E-state index is -0.772. The summed E-state index contributed by atoms with van der Waals surface area (Å²) in [5, 5.41) is 12.1. The molecule has 0 radical (unpaired) electrons. The summed E-state index contributed by atoms with van der Waals surface area (Å²) >= 11 is 0. The summed E-state index contributed by atoms with van der Waals surface area (Å²) in [6.07, 6.45) is 1.35. The highest BCUT2D eigenvalue weighted by atomic mass is 16.5. The molecule has 2 aromatic carbocycles. The Labute approximate surface area is 199 Å². The van der Waals surface area contributed by atoms with Gasteiger partial charge in [-0.2, -0.15) is 0 Å². The zero-order valence-corrected chi connectivity index (χ0v) is 19.3. The molecule has 3 aliphatic rings. The van der Waals surface area contributed by atoms with Crippen LogP contribution in [-0.4, -0.2) is 53.7 Å². The first-order chi connectivity index (χ1) is 16.5. The second-order valence-electron chi connectivity index (χ2n) is 9.58. The van der Waals surface area contributed by atoms with E-state index in [1.54, 1.807) is 4.90 Å². The van der Waals surface area contributed by atoms with Crippen LogP contribution in [0.4, 0.5) is 4.79 Å². The van der Waals surface area contributed by atoms with Crippen LogP contribution in [-0.2, 0) is 14.3 Å². The number of nitrogens with zero attached hydrogens (tertiary/aromatic N) is 1. The molecule has 0 spiro atoms. The number of carbonyl (C=O) groups excluding carboxylic acids is 2. The number of nitrogens with one attached hydrogen (secondary N) is 1. The molecule has 0 bridgehead atoms. The normalized spacial score (nSPS) is 23.3. The van der Waals surface area contributed by atoms with E-state index in [1.807, 2.05) is 31.2 Å². The van der Waals surface area contributed by atoms with Crippen LogP contribution in [0.2, 0.25) is 0 Å². The van der Waals surface area contributed by atoms with Gasteiger partial charge in [-0.3, -0.25) is 9.59 Å². The summed E-state index contributed by atoms with van der Waals surface area (Å²) in [5.74, 6) is -1.08. The smallest absolute Gasteiger partial charge is 0.407 e. The molecule has 4 atom stereocenters. The number of carboxylic acid groups (broad SMARTS) is 1. The van der Waals surface area contributed by atoms with Crippen LogP contribution in [0.1, 0.15) is 43.2 Å². The van der Waals surface area contributed by atoms with Crippen LogP contribution in [0.3, 0.4) is 0 Å². The summed E-state index contributed by atoms with van der Waals surface area (Å²) in [7, 11) is 0. The molecule has 7 heteroatoms. The van der Waals surface area contributed by atoms with Crippen molar-refractivity contribution in [1.82, 2.24) is 10.2 Å². The molecule has 1 unspecified atom stereocenters. The molecule has 2 aromatic rings. The van der Waals surface area contributed by atoms with Gasteiger partial charge in [-0.1, -0.05) is 61.9 Å². The number of benzene rings is 2. The maximum Gasteiger partial charge on any atom is 0.407 e. The summed E-state index contributed by atoms with van der Waals surface area (Å²) in [5.41, 5.74) is 4.60. The van der Waals surface area contributed by atoms with E-state index in [-0.39, 0.29) is 36.2 Å². The zero-order valence-electron chi connectivity index (χ0n) is 19.3. The molecule has 34 heavy (non-hydrogen) atoms. The fourth-order valence-electron chi connectivity index (χ4n) is 5.85. The van der Waals surface area contributed by atoms with E-state index < -0.39 is 18.1 Å². The summed E-state index contributed by atoms with van der Waals surface area (Å²) in [6.45, 7) is 3.15. The fourth-order valence-corrected chi connectivity index (χ4v) is 5.85. The highest BCUT2D eigenvalue weighted by Crippen LogP contribution is 2.51. The highest BCUT2D eigenvalue weighted by molar-refractivity contribution is 5.86. The van der Waals surface area contributed by atoms with Gasteiger partial charge in [-0.15, -0.1) is 0 Å². The zero-order chi connectivity index (χ0) is 23.8. The van der Waals surface area contributed by atoms with Gasteiger partial charge in [-0.25, -0.2) is 4.79 Å². The molecule has 2 fully saturated rings. The predicted molar refractivity (Wildman–Crippen MR) is 126 cm³/mol. The van der Waals surface area contributed by atoms with Gasteiger partial charge in [0.15, 0.2) is 0 Å². The van der Waals surface area contributed by atoms with Gasteiger partial charge in [0.05, 0.1) is 5.92 Å². The number of hydrogen-bond acceptors (Lipinski definition) is 4. The SMILES string of the molecule is CCC[C@H](NC(=O)OCC1c2ccccc2-c2ccccc21)C(=O)N1CC[C@H]2C(C(=O)O)[C@H]2C1. The maximum absolute atomic E-state index is 13.2. The van der Waals surface area contributed by atoms with Gasteiger partial charge >= 0.3 is 12.1 Å². The predicted octanol–water partition coefficient (Wildman–Crippen LogP) is 3.87. The van der Waals surface area contributed by atoms with Gasteiger partial charge in [0, 0.05) is 19.0 Å². The maximum atomic E-state index is 13.2. The number of hydrogen-bond donors (Lipinski definition) is 2. The number of alkyl carbamates (subject to hydrolysis) is 1. The number of carbonyl (C=O) groups is 3. The largest absolute Gasteiger partial charge is 0.481 e. The van der Waals surface area contributed by atoms with Crippen molar-refractivity contribution < 1.29 is 24.2 Å². The lowest BCUT2D eigenvalue weighted by atomic mass is 9.98. The van der Waals surface area contributed by atoms with Crippen LogP contribution in [0.15, 0.2) is 48.5 Å². The molecule has 1 aliphatic heterocycles. The minimum Gasteiger partial charge on any atom is -0.481 e. The van der Waals surface area contributed by atoms with E-state index in [0.29, 0.717) is 25.9 Å². The number of likely N-dealkylation sites (tertiary alicyclic amines) is 1. The number of amides is 2. The average Bonchev–Trinajstić information content (AvgIpc) is 3.49. The van der Waals surface area contributed by atoms with E-state index in [0.717, 1.165) is 28.7 Å². The molecule has 1 heterocycles. The van der Waals surface area contributed by atoms with E-state index >= 15 is 0 Å². The Morgan fingerprint density at radius 3 is 2.32 bits per heavy atom. The molecular weight excluding hydrogens is 432 g/mol. The number of piperidine rings is 1. The van der Waals surface area contributed by atoms with Crippen molar-refractivity contribution in [3.8, 4) is 11.1 Å². The van der Waals surface area contributed by atoms with Crippen molar-refractivity contribution in [2.75, 3.05) is 19.7 Å². The van der Waals surface area contributed by atoms with Gasteiger partial charge in [0.25, 0.3) is 0 Å². The van der Waals surface area contributed by atoms with Gasteiger partial charge in [-0.05, 0) is 46.9 Å². The monoisotopic (exact) mass is 462 g/mol. The van der Waals surface area contributed by atoms with Gasteiger partial charge < -0.3 is 20.1 Å². The highest BCUT2D eigenvalue weighted by Gasteiger charge is 2.57. The lowest BCUT2D eigenvalue weighted by molar-refractivity contribution is -0.139. The minimum absolute atomic E-state index is 0.0342. The van der Waals surface area contributed by atoms with E-state index in [2.05, 4.69) is 29.6 Å². The van der Waals surface area contributed by atoms with E-state index in [9.17, 15) is 19.5 Å². The molecule has 2 N–H and O–H groups in total. The first-order valence-corrected chi connectivity index (χ1v) is 12.1. The van der Waals surface area contributed by atoms with E-state index in [4.69, 9.17) is 4.74 Å². The van der Waals surface area contributed by atoms with Gasteiger partial charge in [0.1, 0.15) is 12.6 Å². The molecule has 178 valence electrons. The van der Waals surface area contributed by atoms with Crippen molar-refractivity contribution in [1.29, 1.82) is 0 Å². The van der Waals surface area contributed by atoms with Gasteiger partial charge in [0.2, 0.25) is 5.91 Å². The Bertz CT molecular complexity index is 1070. The molecular formula is C27H30N2O5. The van der Waals surface area contributed by atoms with Crippen molar-refractivity contribution in [2.24, 2.45) is 17.8 Å². The Balaban J connectivity index is 1.21. The second-order valence-corrected chi connectivity index (χ2v) is 9.58. The fraction of sp³-hybridized carbons (Fsp3) is 0.444. The summed E-state index contributed by atoms with van der Waals surface area (Å²) in [4.78, 5) is 38.9. The topological polar surface area (TPSA) is 95.9 Å². The molecule has 0 aromatic heterocycles. The van der Waals surface area contributed by atoms with Crippen LogP contribution in [0.5, 0.6) is 0 Å². The van der Waals surface area contributed by atoms with Crippen molar-refractivity contribution in [2.45, 2.75) is 38.1 Å². The third-order valence-electron chi connectivity index (χ3n) is 7.60. The lowest BCUT2D eigenvalue weighted by Gasteiger charge is -2.30. The van der Waals surface area contributed by atoms with Crippen molar-refractivity contribution in [3.63, 3.8) is 0 Å². The Morgan fingerprint density at radius 1 is 1.06 bits per heavy atom. The summed E-state index contributed by atoms with van der Waals surface area (Å²) < 4.78 is 5.63. The van der Waals surface area contributed by atoms with Crippen LogP contribution in [0, 0.1) is 17.8 Å². The molecule has 2 aliphatic carbocycles. The van der Waals surface area contributed by atoms with Crippen molar-refractivity contribution in [3.05, 3.63) is 59.7 Å². The molecule has 7 nitrogen and oxygen atoms in total. The Hall–Kier alpha value is -3.35. The Kier molecular flexibility index (Phi) is 6.02. The number of ether oxygens (including phenoxy) is 1.